The molecule has 5 rings (SSSR count). The van der Waals surface area contributed by atoms with Crippen molar-refractivity contribution in [3.8, 4) is 11.5 Å². The molecule has 0 spiro atoms. The highest BCUT2D eigenvalue weighted by Crippen LogP contribution is 2.42. The quantitative estimate of drug-likeness (QED) is 0.266. The molecule has 0 aliphatic carbocycles. The number of hydrogen-bond acceptors (Lipinski definition) is 8. The van der Waals surface area contributed by atoms with Crippen molar-refractivity contribution in [3.05, 3.63) is 128 Å². The maximum absolute atomic E-state index is 12.6. The van der Waals surface area contributed by atoms with E-state index < -0.39 is 41.3 Å². The lowest BCUT2D eigenvalue weighted by Gasteiger charge is -2.37. The number of ether oxygens (including phenoxy) is 4. The topological polar surface area (TPSA) is 138 Å². The number of aliphatic hydroxyl groups is 1. The van der Waals surface area contributed by atoms with Crippen molar-refractivity contribution in [3.63, 3.8) is 0 Å². The van der Waals surface area contributed by atoms with Gasteiger partial charge in [-0.15, -0.1) is 0 Å². The molecular weight excluding hydrogens is 526 g/mol. The van der Waals surface area contributed by atoms with Crippen LogP contribution in [-0.4, -0.2) is 53.7 Å². The third kappa shape index (κ3) is 5.30. The lowest BCUT2D eigenvalue weighted by Crippen LogP contribution is -2.44. The van der Waals surface area contributed by atoms with Crippen molar-refractivity contribution in [2.75, 3.05) is 20.8 Å². The number of methoxy groups -OCH3 is 2. The Morgan fingerprint density at radius 2 is 1.44 bits per heavy atom. The van der Waals surface area contributed by atoms with E-state index in [1.807, 2.05) is 78.9 Å². The molecule has 2 heterocycles. The minimum Gasteiger partial charge on any atom is -0.497 e. The van der Waals surface area contributed by atoms with Gasteiger partial charge in [0.05, 0.1) is 26.9 Å². The Morgan fingerprint density at radius 3 is 1.98 bits per heavy atom. The summed E-state index contributed by atoms with van der Waals surface area (Å²) in [5, 5.41) is 11.1. The van der Waals surface area contributed by atoms with Gasteiger partial charge in [-0.05, 0) is 47.9 Å². The highest BCUT2D eigenvalue weighted by molar-refractivity contribution is 5.49. The van der Waals surface area contributed by atoms with Crippen molar-refractivity contribution < 1.29 is 24.1 Å². The van der Waals surface area contributed by atoms with Crippen LogP contribution in [0, 0.1) is 6.92 Å². The van der Waals surface area contributed by atoms with Crippen LogP contribution in [0.1, 0.15) is 28.5 Å². The van der Waals surface area contributed by atoms with Crippen molar-refractivity contribution >= 4 is 0 Å². The number of nitrogens with zero attached hydrogens (tertiary/aromatic N) is 1. The maximum Gasteiger partial charge on any atom is 0.330 e. The molecule has 10 nitrogen and oxygen atoms in total. The zero-order chi connectivity index (χ0) is 29.1. The SMILES string of the molecule is COc1ccc(C(OCC2OC(n3cc(C)c(=O)[nH]c3=O)C(N)C2O)(c2ccccc2)c2ccc(OC)cc2)cc1. The Morgan fingerprint density at radius 1 is 0.902 bits per heavy atom. The molecule has 4 N–H and O–H groups in total. The van der Waals surface area contributed by atoms with Gasteiger partial charge in [-0.2, -0.15) is 0 Å². The van der Waals surface area contributed by atoms with Crippen LogP contribution in [0.15, 0.2) is 94.6 Å². The van der Waals surface area contributed by atoms with E-state index in [9.17, 15) is 14.7 Å². The van der Waals surface area contributed by atoms with Crippen LogP contribution in [0.2, 0.25) is 0 Å². The summed E-state index contributed by atoms with van der Waals surface area (Å²) in [5.74, 6) is 1.38. The number of aryl methyl sites for hydroxylation is 1. The molecule has 0 amide bonds. The lowest BCUT2D eigenvalue weighted by atomic mass is 9.80. The van der Waals surface area contributed by atoms with Crippen molar-refractivity contribution in [2.24, 2.45) is 5.73 Å². The highest BCUT2D eigenvalue weighted by atomic mass is 16.6. The van der Waals surface area contributed by atoms with Crippen molar-refractivity contribution in [1.82, 2.24) is 9.55 Å². The highest BCUT2D eigenvalue weighted by Gasteiger charge is 2.46. The summed E-state index contributed by atoms with van der Waals surface area (Å²) in [7, 11) is 3.21. The van der Waals surface area contributed by atoms with Crippen molar-refractivity contribution in [2.45, 2.75) is 37.0 Å². The smallest absolute Gasteiger partial charge is 0.330 e. The number of nitrogens with one attached hydrogen (secondary N) is 1. The van der Waals surface area contributed by atoms with Gasteiger partial charge in [0.25, 0.3) is 5.56 Å². The molecule has 3 aromatic carbocycles. The number of aromatic amines is 1. The number of aliphatic hydroxyl groups excluding tert-OH is 1. The van der Waals surface area contributed by atoms with E-state index in [0.717, 1.165) is 16.7 Å². The first-order valence-electron chi connectivity index (χ1n) is 13.2. The van der Waals surface area contributed by atoms with E-state index >= 15 is 0 Å². The summed E-state index contributed by atoms with van der Waals surface area (Å²) in [4.78, 5) is 26.7. The summed E-state index contributed by atoms with van der Waals surface area (Å²) in [6, 6.07) is 23.9. The summed E-state index contributed by atoms with van der Waals surface area (Å²) in [6.45, 7) is 1.50. The average Bonchev–Trinajstić information content (AvgIpc) is 3.29. The van der Waals surface area contributed by atoms with Gasteiger partial charge >= 0.3 is 5.69 Å². The normalized spacial score (nSPS) is 20.6. The fraction of sp³-hybridized carbons (Fsp3) is 0.290. The summed E-state index contributed by atoms with van der Waals surface area (Å²) >= 11 is 0. The second-order valence-electron chi connectivity index (χ2n) is 9.93. The number of aromatic nitrogens is 2. The lowest BCUT2D eigenvalue weighted by molar-refractivity contribution is -0.0945. The van der Waals surface area contributed by atoms with Gasteiger partial charge in [0.2, 0.25) is 0 Å². The van der Waals surface area contributed by atoms with Crippen LogP contribution in [0.25, 0.3) is 0 Å². The molecule has 10 heteroatoms. The molecule has 1 aliphatic rings. The second kappa shape index (κ2) is 11.7. The van der Waals surface area contributed by atoms with Crippen LogP contribution in [0.5, 0.6) is 11.5 Å². The monoisotopic (exact) mass is 559 g/mol. The van der Waals surface area contributed by atoms with Crippen LogP contribution < -0.4 is 26.5 Å². The average molecular weight is 560 g/mol. The first-order chi connectivity index (χ1) is 19.8. The number of benzene rings is 3. The number of hydrogen-bond donors (Lipinski definition) is 3. The van der Waals surface area contributed by atoms with E-state index in [0.29, 0.717) is 17.1 Å². The van der Waals surface area contributed by atoms with E-state index in [2.05, 4.69) is 4.98 Å². The van der Waals surface area contributed by atoms with Gasteiger partial charge in [0.1, 0.15) is 29.3 Å². The second-order valence-corrected chi connectivity index (χ2v) is 9.93. The van der Waals surface area contributed by atoms with E-state index in [1.54, 1.807) is 21.1 Å². The largest absolute Gasteiger partial charge is 0.497 e. The number of rotatable bonds is 9. The molecule has 1 aliphatic heterocycles. The third-order valence-corrected chi connectivity index (χ3v) is 7.48. The Labute approximate surface area is 236 Å². The van der Waals surface area contributed by atoms with Gasteiger partial charge in [0, 0.05) is 11.8 Å². The Kier molecular flexibility index (Phi) is 8.09. The third-order valence-electron chi connectivity index (χ3n) is 7.48. The maximum atomic E-state index is 12.6. The van der Waals surface area contributed by atoms with E-state index in [4.69, 9.17) is 24.7 Å². The molecule has 214 valence electrons. The molecule has 4 aromatic rings. The van der Waals surface area contributed by atoms with Crippen LogP contribution in [0.3, 0.4) is 0 Å². The van der Waals surface area contributed by atoms with Gasteiger partial charge in [-0.3, -0.25) is 14.3 Å². The predicted molar refractivity (Wildman–Crippen MR) is 152 cm³/mol. The van der Waals surface area contributed by atoms with Gasteiger partial charge < -0.3 is 29.8 Å². The number of H-pyrrole nitrogens is 1. The number of nitrogens with two attached hydrogens (primary N) is 1. The molecule has 0 saturated carbocycles. The minimum absolute atomic E-state index is 0.0740. The summed E-state index contributed by atoms with van der Waals surface area (Å²) in [6.07, 6.45) is -1.66. The molecule has 1 aromatic heterocycles. The van der Waals surface area contributed by atoms with E-state index in [1.165, 1.54) is 10.8 Å². The van der Waals surface area contributed by atoms with Crippen molar-refractivity contribution in [1.29, 1.82) is 0 Å². The molecule has 1 saturated heterocycles. The predicted octanol–water partition coefficient (Wildman–Crippen LogP) is 2.46. The molecular formula is C31H33N3O7. The first-order valence-corrected chi connectivity index (χ1v) is 13.2. The molecule has 0 radical (unpaired) electrons. The fourth-order valence-electron chi connectivity index (χ4n) is 5.21. The Bertz CT molecular complexity index is 1540. The molecule has 0 bridgehead atoms. The van der Waals surface area contributed by atoms with Gasteiger partial charge in [-0.1, -0.05) is 54.6 Å². The Hall–Kier alpha value is -4.22. The van der Waals surface area contributed by atoms with Crippen LogP contribution in [0.4, 0.5) is 0 Å². The fourth-order valence-corrected chi connectivity index (χ4v) is 5.21. The minimum atomic E-state index is -1.15. The van der Waals surface area contributed by atoms with Gasteiger partial charge in [-0.25, -0.2) is 4.79 Å². The van der Waals surface area contributed by atoms with Crippen LogP contribution >= 0.6 is 0 Å². The molecule has 4 unspecified atom stereocenters. The van der Waals surface area contributed by atoms with Gasteiger partial charge in [0.15, 0.2) is 6.23 Å². The standard InChI is InChI=1S/C31H33N3O7/c1-19-17-34(30(37)33-28(19)36)29-26(32)27(35)25(41-29)18-40-31(20-7-5-4-6-8-20,21-9-13-23(38-2)14-10-21)22-11-15-24(39-3)16-12-22/h4-17,25-27,29,35H,18,32H2,1-3H3,(H,33,36,37). The molecule has 4 atom stereocenters. The molecule has 41 heavy (non-hydrogen) atoms. The summed E-state index contributed by atoms with van der Waals surface area (Å²) in [5.41, 5.74) is 6.82. The zero-order valence-electron chi connectivity index (χ0n) is 23.0. The van der Waals surface area contributed by atoms with E-state index in [-0.39, 0.29) is 6.61 Å². The van der Waals surface area contributed by atoms with Crippen LogP contribution in [-0.2, 0) is 15.1 Å². The Balaban J connectivity index is 1.56. The summed E-state index contributed by atoms with van der Waals surface area (Å²) < 4.78 is 24.9. The first kappa shape index (κ1) is 28.3. The molecule has 1 fully saturated rings. The zero-order valence-corrected chi connectivity index (χ0v) is 23.0.